The van der Waals surface area contributed by atoms with E-state index in [-0.39, 0.29) is 17.6 Å². The molecule has 1 aliphatic heterocycles. The Kier molecular flexibility index (Phi) is 5.78. The van der Waals surface area contributed by atoms with Gasteiger partial charge in [-0.2, -0.15) is 0 Å². The summed E-state index contributed by atoms with van der Waals surface area (Å²) in [4.78, 5) is 28.4. The van der Waals surface area contributed by atoms with Gasteiger partial charge < -0.3 is 9.80 Å². The molecule has 2 aromatic rings. The first-order valence-corrected chi connectivity index (χ1v) is 8.99. The highest BCUT2D eigenvalue weighted by molar-refractivity contribution is 5.81. The molecule has 1 atom stereocenters. The van der Waals surface area contributed by atoms with Crippen molar-refractivity contribution in [3.8, 4) is 0 Å². The Morgan fingerprint density at radius 1 is 1.11 bits per heavy atom. The quantitative estimate of drug-likeness (QED) is 0.797. The van der Waals surface area contributed by atoms with Crippen molar-refractivity contribution in [1.29, 1.82) is 0 Å². The van der Waals surface area contributed by atoms with Crippen LogP contribution in [0.25, 0.3) is 0 Å². The van der Waals surface area contributed by atoms with Crippen molar-refractivity contribution in [3.63, 3.8) is 0 Å². The van der Waals surface area contributed by atoms with Gasteiger partial charge in [0.25, 0.3) is 0 Å². The molecular weight excluding hydrogens is 351 g/mol. The topological polar surface area (TPSA) is 84.2 Å². The van der Waals surface area contributed by atoms with Crippen molar-refractivity contribution in [2.24, 2.45) is 0 Å². The summed E-state index contributed by atoms with van der Waals surface area (Å²) < 4.78 is 14.7. The number of hydrogen-bond donors (Lipinski definition) is 0. The SMILES string of the molecule is CC(=O)N1CCCN(C(=O)[C@@H](Cc2ccc(F)cc2)n2nnnc2C)CC1. The van der Waals surface area contributed by atoms with Crippen molar-refractivity contribution in [3.05, 3.63) is 41.5 Å². The highest BCUT2D eigenvalue weighted by Gasteiger charge is 2.30. The second-order valence-electron chi connectivity index (χ2n) is 6.70. The molecule has 0 spiro atoms. The summed E-state index contributed by atoms with van der Waals surface area (Å²) in [6.45, 7) is 5.48. The van der Waals surface area contributed by atoms with Gasteiger partial charge in [0, 0.05) is 39.5 Å². The second kappa shape index (κ2) is 8.24. The zero-order valence-electron chi connectivity index (χ0n) is 15.5. The summed E-state index contributed by atoms with van der Waals surface area (Å²) in [7, 11) is 0. The van der Waals surface area contributed by atoms with E-state index in [0.717, 1.165) is 12.0 Å². The number of tetrazole rings is 1. The fraction of sp³-hybridized carbons (Fsp3) is 0.500. The molecule has 27 heavy (non-hydrogen) atoms. The van der Waals surface area contributed by atoms with Gasteiger partial charge in [-0.05, 0) is 41.5 Å². The average molecular weight is 374 g/mol. The standard InChI is InChI=1S/C18H23FN6O2/c1-13-20-21-22-25(13)17(12-15-4-6-16(19)7-5-15)18(27)24-9-3-8-23(10-11-24)14(2)26/h4-7,17H,3,8-12H2,1-2H3/t17-/m1/s1. The number of aromatic nitrogens is 4. The van der Waals surface area contributed by atoms with E-state index < -0.39 is 6.04 Å². The Morgan fingerprint density at radius 3 is 2.41 bits per heavy atom. The normalized spacial score (nSPS) is 16.1. The van der Waals surface area contributed by atoms with Crippen LogP contribution in [-0.4, -0.2) is 68.0 Å². The molecule has 1 aromatic heterocycles. The monoisotopic (exact) mass is 374 g/mol. The van der Waals surface area contributed by atoms with Crippen LogP contribution in [0.2, 0.25) is 0 Å². The summed E-state index contributed by atoms with van der Waals surface area (Å²) in [5, 5.41) is 11.5. The van der Waals surface area contributed by atoms with Crippen LogP contribution in [0.1, 0.15) is 30.8 Å². The van der Waals surface area contributed by atoms with Crippen LogP contribution < -0.4 is 0 Å². The lowest BCUT2D eigenvalue weighted by Gasteiger charge is -2.26. The van der Waals surface area contributed by atoms with Crippen molar-refractivity contribution in [2.45, 2.75) is 32.7 Å². The van der Waals surface area contributed by atoms with Gasteiger partial charge >= 0.3 is 0 Å². The lowest BCUT2D eigenvalue weighted by molar-refractivity contribution is -0.135. The highest BCUT2D eigenvalue weighted by Crippen LogP contribution is 2.19. The van der Waals surface area contributed by atoms with E-state index in [2.05, 4.69) is 15.5 Å². The first kappa shape index (κ1) is 18.9. The average Bonchev–Trinajstić information content (AvgIpc) is 2.92. The molecule has 144 valence electrons. The van der Waals surface area contributed by atoms with Crippen LogP contribution in [0.5, 0.6) is 0 Å². The Labute approximate surface area is 156 Å². The smallest absolute Gasteiger partial charge is 0.247 e. The Hall–Kier alpha value is -2.84. The van der Waals surface area contributed by atoms with Gasteiger partial charge in [0.05, 0.1) is 0 Å². The van der Waals surface area contributed by atoms with Crippen molar-refractivity contribution in [2.75, 3.05) is 26.2 Å². The fourth-order valence-corrected chi connectivity index (χ4v) is 3.31. The zero-order chi connectivity index (χ0) is 19.4. The minimum Gasteiger partial charge on any atom is -0.341 e. The Bertz CT molecular complexity index is 806. The van der Waals surface area contributed by atoms with Gasteiger partial charge in [-0.25, -0.2) is 9.07 Å². The van der Waals surface area contributed by atoms with Crippen molar-refractivity contribution < 1.29 is 14.0 Å². The highest BCUT2D eigenvalue weighted by atomic mass is 19.1. The molecule has 1 aromatic carbocycles. The predicted octanol–water partition coefficient (Wildman–Crippen LogP) is 0.985. The molecule has 0 N–H and O–H groups in total. The summed E-state index contributed by atoms with van der Waals surface area (Å²) in [6.07, 6.45) is 1.08. The van der Waals surface area contributed by atoms with Crippen molar-refractivity contribution in [1.82, 2.24) is 30.0 Å². The summed E-state index contributed by atoms with van der Waals surface area (Å²) in [6, 6.07) is 5.46. The summed E-state index contributed by atoms with van der Waals surface area (Å²) >= 11 is 0. The van der Waals surface area contributed by atoms with Gasteiger partial charge in [-0.3, -0.25) is 9.59 Å². The van der Waals surface area contributed by atoms with E-state index in [1.165, 1.54) is 16.8 Å². The van der Waals surface area contributed by atoms with Crippen LogP contribution in [-0.2, 0) is 16.0 Å². The van der Waals surface area contributed by atoms with Gasteiger partial charge in [-0.15, -0.1) is 5.10 Å². The maximum Gasteiger partial charge on any atom is 0.247 e. The van der Waals surface area contributed by atoms with Crippen LogP contribution in [0, 0.1) is 12.7 Å². The summed E-state index contributed by atoms with van der Waals surface area (Å²) in [5.74, 6) is 0.135. The molecular formula is C18H23FN6O2. The van der Waals surface area contributed by atoms with Crippen LogP contribution in [0.15, 0.2) is 24.3 Å². The third kappa shape index (κ3) is 4.47. The molecule has 0 saturated carbocycles. The second-order valence-corrected chi connectivity index (χ2v) is 6.70. The fourth-order valence-electron chi connectivity index (χ4n) is 3.31. The zero-order valence-corrected chi connectivity index (χ0v) is 15.5. The first-order chi connectivity index (χ1) is 13.0. The number of aryl methyl sites for hydroxylation is 1. The number of carbonyl (C=O) groups is 2. The number of halogens is 1. The van der Waals surface area contributed by atoms with E-state index in [9.17, 15) is 14.0 Å². The number of rotatable bonds is 4. The minimum atomic E-state index is -0.616. The minimum absolute atomic E-state index is 0.0171. The van der Waals surface area contributed by atoms with E-state index in [1.807, 2.05) is 0 Å². The van der Waals surface area contributed by atoms with Crippen molar-refractivity contribution >= 4 is 11.8 Å². The molecule has 0 radical (unpaired) electrons. The maximum absolute atomic E-state index is 13.3. The molecule has 2 amide bonds. The number of hydrogen-bond acceptors (Lipinski definition) is 5. The number of amides is 2. The Balaban J connectivity index is 1.81. The molecule has 2 heterocycles. The molecule has 0 unspecified atom stereocenters. The van der Waals surface area contributed by atoms with Gasteiger partial charge in [0.2, 0.25) is 11.8 Å². The van der Waals surface area contributed by atoms with Crippen LogP contribution in [0.3, 0.4) is 0 Å². The van der Waals surface area contributed by atoms with Crippen LogP contribution >= 0.6 is 0 Å². The van der Waals surface area contributed by atoms with Gasteiger partial charge in [0.15, 0.2) is 0 Å². The third-order valence-electron chi connectivity index (χ3n) is 4.83. The predicted molar refractivity (Wildman–Crippen MR) is 95.1 cm³/mol. The molecule has 1 saturated heterocycles. The number of carbonyl (C=O) groups excluding carboxylic acids is 2. The molecule has 3 rings (SSSR count). The molecule has 1 fully saturated rings. The number of nitrogens with zero attached hydrogens (tertiary/aromatic N) is 6. The number of benzene rings is 1. The van der Waals surface area contributed by atoms with E-state index in [0.29, 0.717) is 38.4 Å². The largest absolute Gasteiger partial charge is 0.341 e. The van der Waals surface area contributed by atoms with E-state index in [4.69, 9.17) is 0 Å². The summed E-state index contributed by atoms with van der Waals surface area (Å²) in [5.41, 5.74) is 0.824. The van der Waals surface area contributed by atoms with E-state index >= 15 is 0 Å². The lowest BCUT2D eigenvalue weighted by Crippen LogP contribution is -2.41. The Morgan fingerprint density at radius 2 is 1.78 bits per heavy atom. The molecule has 1 aliphatic rings. The van der Waals surface area contributed by atoms with Gasteiger partial charge in [-0.1, -0.05) is 12.1 Å². The third-order valence-corrected chi connectivity index (χ3v) is 4.83. The first-order valence-electron chi connectivity index (χ1n) is 8.99. The van der Waals surface area contributed by atoms with Crippen LogP contribution in [0.4, 0.5) is 4.39 Å². The van der Waals surface area contributed by atoms with E-state index in [1.54, 1.807) is 35.8 Å². The molecule has 9 heteroatoms. The lowest BCUT2D eigenvalue weighted by atomic mass is 10.0. The molecule has 0 bridgehead atoms. The molecule has 8 nitrogen and oxygen atoms in total. The van der Waals surface area contributed by atoms with Gasteiger partial charge in [0.1, 0.15) is 17.7 Å². The maximum atomic E-state index is 13.3. The molecule has 0 aliphatic carbocycles.